The number of pyridine rings is 1. The maximum atomic E-state index is 12.2. The van der Waals surface area contributed by atoms with E-state index in [0.717, 1.165) is 0 Å². The van der Waals surface area contributed by atoms with Gasteiger partial charge in [-0.1, -0.05) is 12.1 Å². The second kappa shape index (κ2) is 5.26. The van der Waals surface area contributed by atoms with Crippen LogP contribution in [0.3, 0.4) is 0 Å². The lowest BCUT2D eigenvalue weighted by Gasteiger charge is -2.03. The first kappa shape index (κ1) is 12.7. The molecule has 1 aromatic heterocycles. The summed E-state index contributed by atoms with van der Waals surface area (Å²) in [5.41, 5.74) is 0.0953. The average molecular weight is 258 g/mol. The Hall–Kier alpha value is -2.76. The molecule has 0 aliphatic rings. The number of ether oxygens (including phenoxy) is 1. The highest BCUT2D eigenvalue weighted by Crippen LogP contribution is 2.21. The lowest BCUT2D eigenvalue weighted by atomic mass is 10.0. The molecule has 6 heteroatoms. The number of carbonyl (C=O) groups excluding carboxylic acids is 1. The number of nitrogens with zero attached hydrogens (tertiary/aromatic N) is 2. The number of para-hydroxylation sites is 1. The van der Waals surface area contributed by atoms with E-state index in [1.165, 1.54) is 43.6 Å². The molecular weight excluding hydrogens is 248 g/mol. The van der Waals surface area contributed by atoms with E-state index in [4.69, 9.17) is 4.74 Å². The van der Waals surface area contributed by atoms with Crippen molar-refractivity contribution in [2.45, 2.75) is 0 Å². The maximum Gasteiger partial charge on any atom is 0.280 e. The first-order valence-electron chi connectivity index (χ1n) is 5.41. The van der Waals surface area contributed by atoms with Crippen LogP contribution in [0.5, 0.6) is 5.88 Å². The van der Waals surface area contributed by atoms with Crippen LogP contribution in [-0.2, 0) is 0 Å². The first-order valence-corrected chi connectivity index (χ1v) is 5.41. The highest BCUT2D eigenvalue weighted by molar-refractivity contribution is 6.11. The summed E-state index contributed by atoms with van der Waals surface area (Å²) in [5.74, 6) is -0.0680. The van der Waals surface area contributed by atoms with Crippen LogP contribution >= 0.6 is 0 Å². The summed E-state index contributed by atoms with van der Waals surface area (Å²) in [6.45, 7) is 0. The standard InChI is InChI=1S/C13H10N2O4/c1-19-12-7-6-9(8-14-12)13(16)10-4-2-3-5-11(10)15(17)18/h2-8H,1H3. The van der Waals surface area contributed by atoms with Crippen LogP contribution < -0.4 is 4.74 Å². The number of ketones is 1. The summed E-state index contributed by atoms with van der Waals surface area (Å²) in [6, 6.07) is 8.86. The van der Waals surface area contributed by atoms with Gasteiger partial charge >= 0.3 is 0 Å². The zero-order valence-corrected chi connectivity index (χ0v) is 10.1. The quantitative estimate of drug-likeness (QED) is 0.477. The van der Waals surface area contributed by atoms with Gasteiger partial charge in [0, 0.05) is 23.9 Å². The van der Waals surface area contributed by atoms with Crippen molar-refractivity contribution < 1.29 is 14.5 Å². The van der Waals surface area contributed by atoms with Crippen molar-refractivity contribution in [3.63, 3.8) is 0 Å². The lowest BCUT2D eigenvalue weighted by molar-refractivity contribution is -0.385. The van der Waals surface area contributed by atoms with Crippen molar-refractivity contribution in [2.24, 2.45) is 0 Å². The van der Waals surface area contributed by atoms with E-state index in [9.17, 15) is 14.9 Å². The fraction of sp³-hybridized carbons (Fsp3) is 0.0769. The summed E-state index contributed by atoms with van der Waals surface area (Å²) in [7, 11) is 1.46. The number of carbonyl (C=O) groups is 1. The molecule has 96 valence electrons. The molecule has 0 unspecified atom stereocenters. The molecule has 0 aliphatic heterocycles. The molecule has 0 fully saturated rings. The van der Waals surface area contributed by atoms with Crippen molar-refractivity contribution in [3.8, 4) is 5.88 Å². The second-order valence-electron chi connectivity index (χ2n) is 3.69. The third kappa shape index (κ3) is 2.57. The molecule has 0 bridgehead atoms. The monoisotopic (exact) mass is 258 g/mol. The second-order valence-corrected chi connectivity index (χ2v) is 3.69. The largest absolute Gasteiger partial charge is 0.481 e. The molecule has 2 aromatic rings. The predicted octanol–water partition coefficient (Wildman–Crippen LogP) is 2.23. The molecule has 0 spiro atoms. The number of nitro benzene ring substituents is 1. The number of hydrogen-bond donors (Lipinski definition) is 0. The highest BCUT2D eigenvalue weighted by atomic mass is 16.6. The topological polar surface area (TPSA) is 82.3 Å². The lowest BCUT2D eigenvalue weighted by Crippen LogP contribution is -2.05. The minimum atomic E-state index is -0.579. The summed E-state index contributed by atoms with van der Waals surface area (Å²) in [4.78, 5) is 26.4. The van der Waals surface area contributed by atoms with Gasteiger partial charge in [0.05, 0.1) is 12.0 Å². The van der Waals surface area contributed by atoms with E-state index in [-0.39, 0.29) is 16.8 Å². The SMILES string of the molecule is COc1ccc(C(=O)c2ccccc2[N+](=O)[O-])cn1. The number of methoxy groups -OCH3 is 1. The summed E-state index contributed by atoms with van der Waals surface area (Å²) in [5, 5.41) is 10.9. The van der Waals surface area contributed by atoms with Crippen molar-refractivity contribution in [1.29, 1.82) is 0 Å². The number of aromatic nitrogens is 1. The number of benzene rings is 1. The minimum absolute atomic E-state index is 0.0412. The van der Waals surface area contributed by atoms with Gasteiger partial charge in [0.15, 0.2) is 0 Å². The van der Waals surface area contributed by atoms with Crippen LogP contribution in [0.2, 0.25) is 0 Å². The Kier molecular flexibility index (Phi) is 3.51. The van der Waals surface area contributed by atoms with Gasteiger partial charge in [0.25, 0.3) is 5.69 Å². The normalized spacial score (nSPS) is 9.95. The molecule has 2 rings (SSSR count). The molecule has 1 aromatic carbocycles. The van der Waals surface area contributed by atoms with Gasteiger partial charge in [0.1, 0.15) is 5.56 Å². The molecular formula is C13H10N2O4. The molecule has 1 heterocycles. The van der Waals surface area contributed by atoms with Gasteiger partial charge in [-0.2, -0.15) is 0 Å². The zero-order valence-electron chi connectivity index (χ0n) is 10.1. The van der Waals surface area contributed by atoms with E-state index in [1.807, 2.05) is 0 Å². The molecule has 0 N–H and O–H groups in total. The van der Waals surface area contributed by atoms with E-state index in [0.29, 0.717) is 5.88 Å². The van der Waals surface area contributed by atoms with Crippen molar-refractivity contribution >= 4 is 11.5 Å². The molecule has 0 saturated carbocycles. The molecule has 19 heavy (non-hydrogen) atoms. The number of hydrogen-bond acceptors (Lipinski definition) is 5. The van der Waals surface area contributed by atoms with E-state index in [1.54, 1.807) is 6.07 Å². The van der Waals surface area contributed by atoms with E-state index >= 15 is 0 Å². The summed E-state index contributed by atoms with van der Waals surface area (Å²) < 4.78 is 4.89. The van der Waals surface area contributed by atoms with Crippen LogP contribution in [0.25, 0.3) is 0 Å². The molecule has 0 amide bonds. The Bertz CT molecular complexity index is 623. The van der Waals surface area contributed by atoms with Crippen molar-refractivity contribution in [3.05, 3.63) is 63.8 Å². The van der Waals surface area contributed by atoms with Crippen molar-refractivity contribution in [2.75, 3.05) is 7.11 Å². The van der Waals surface area contributed by atoms with Gasteiger partial charge in [-0.05, 0) is 12.1 Å². The van der Waals surface area contributed by atoms with Crippen LogP contribution in [0, 0.1) is 10.1 Å². The fourth-order valence-corrected chi connectivity index (χ4v) is 1.62. The molecule has 0 atom stereocenters. The molecule has 0 aliphatic carbocycles. The Morgan fingerprint density at radius 2 is 2.00 bits per heavy atom. The zero-order chi connectivity index (χ0) is 13.8. The predicted molar refractivity (Wildman–Crippen MR) is 67.3 cm³/mol. The Morgan fingerprint density at radius 1 is 1.26 bits per heavy atom. The van der Waals surface area contributed by atoms with Gasteiger partial charge in [-0.3, -0.25) is 14.9 Å². The Morgan fingerprint density at radius 3 is 2.58 bits per heavy atom. The first-order chi connectivity index (χ1) is 9.13. The third-order valence-corrected chi connectivity index (χ3v) is 2.55. The van der Waals surface area contributed by atoms with Gasteiger partial charge in [-0.25, -0.2) is 4.98 Å². The Labute approximate surface area is 108 Å². The van der Waals surface area contributed by atoms with Gasteiger partial charge in [0.2, 0.25) is 11.7 Å². The Balaban J connectivity index is 2.41. The van der Waals surface area contributed by atoms with Crippen LogP contribution in [-0.4, -0.2) is 22.8 Å². The van der Waals surface area contributed by atoms with Crippen LogP contribution in [0.15, 0.2) is 42.6 Å². The van der Waals surface area contributed by atoms with E-state index in [2.05, 4.69) is 4.98 Å². The van der Waals surface area contributed by atoms with Crippen LogP contribution in [0.4, 0.5) is 5.69 Å². The third-order valence-electron chi connectivity index (χ3n) is 2.55. The maximum absolute atomic E-state index is 12.2. The van der Waals surface area contributed by atoms with E-state index < -0.39 is 10.7 Å². The van der Waals surface area contributed by atoms with Gasteiger partial charge in [-0.15, -0.1) is 0 Å². The van der Waals surface area contributed by atoms with Gasteiger partial charge < -0.3 is 4.74 Å². The molecule has 0 saturated heterocycles. The average Bonchev–Trinajstić information content (AvgIpc) is 2.46. The fourth-order valence-electron chi connectivity index (χ4n) is 1.62. The summed E-state index contributed by atoms with van der Waals surface area (Å²) >= 11 is 0. The highest BCUT2D eigenvalue weighted by Gasteiger charge is 2.20. The van der Waals surface area contributed by atoms with Crippen molar-refractivity contribution in [1.82, 2.24) is 4.98 Å². The number of rotatable bonds is 4. The van der Waals surface area contributed by atoms with Crippen LogP contribution in [0.1, 0.15) is 15.9 Å². The molecule has 6 nitrogen and oxygen atoms in total. The minimum Gasteiger partial charge on any atom is -0.481 e. The molecule has 0 radical (unpaired) electrons. The summed E-state index contributed by atoms with van der Waals surface area (Å²) in [6.07, 6.45) is 1.33. The number of nitro groups is 1. The smallest absolute Gasteiger partial charge is 0.280 e.